The van der Waals surface area contributed by atoms with Gasteiger partial charge in [0.15, 0.2) is 0 Å². The van der Waals surface area contributed by atoms with Crippen LogP contribution in [0.5, 0.6) is 0 Å². The molecule has 0 amide bonds. The van der Waals surface area contributed by atoms with Crippen LogP contribution in [-0.2, 0) is 9.84 Å². The average molecular weight is 665 g/mol. The molecular formula is C23H13BiCl2O4S. The zero-order chi connectivity index (χ0) is 22.2. The fourth-order valence-corrected chi connectivity index (χ4v) is 12.7. The van der Waals surface area contributed by atoms with Crippen LogP contribution in [0.1, 0.15) is 10.4 Å². The number of carbonyl (C=O) groups excluding carboxylic acids is 1. The molecule has 2 radical (unpaired) electrons. The molecule has 0 fully saturated rings. The van der Waals surface area contributed by atoms with E-state index in [1.807, 2.05) is 30.3 Å². The predicted molar refractivity (Wildman–Crippen MR) is 121 cm³/mol. The van der Waals surface area contributed by atoms with Crippen molar-refractivity contribution in [1.82, 2.24) is 0 Å². The maximum absolute atomic E-state index is 12.3. The molecule has 154 valence electrons. The molecule has 0 aromatic heterocycles. The summed E-state index contributed by atoms with van der Waals surface area (Å²) in [5.41, 5.74) is 1.09. The van der Waals surface area contributed by atoms with Crippen LogP contribution in [0.15, 0.2) is 88.7 Å². The van der Waals surface area contributed by atoms with Gasteiger partial charge in [0.05, 0.1) is 16.0 Å². The normalized spacial score (nSPS) is 13.5. The zero-order valence-corrected chi connectivity index (χ0v) is 21.6. The van der Waals surface area contributed by atoms with Gasteiger partial charge in [0.2, 0.25) is 0 Å². The standard InChI is InChI=1S/C12H8O2S.C11H6Cl2O2.Bi/c13-15(14,11-7-3-1-4-8-11)12-9-5-2-6-10-12;12-9-6-4-2-1-3-5-7(6)10(13)8(9)11(14)15;/h1-7,9H;1-5H,(H,14,15);/q;;+1/p-1. The van der Waals surface area contributed by atoms with E-state index in [0.29, 0.717) is 20.9 Å². The average Bonchev–Trinajstić information content (AvgIpc) is 2.90. The molecule has 5 rings (SSSR count). The van der Waals surface area contributed by atoms with E-state index >= 15 is 0 Å². The Hall–Kier alpha value is -1.98. The summed E-state index contributed by atoms with van der Waals surface area (Å²) in [7, 11) is -3.26. The van der Waals surface area contributed by atoms with Crippen molar-refractivity contribution in [3.05, 3.63) is 94.5 Å². The molecule has 31 heavy (non-hydrogen) atoms. The molecule has 0 saturated carbocycles. The first-order valence-corrected chi connectivity index (χ1v) is 14.8. The van der Waals surface area contributed by atoms with Gasteiger partial charge in [-0.2, -0.15) is 0 Å². The number of carboxylic acids is 1. The van der Waals surface area contributed by atoms with Crippen molar-refractivity contribution in [2.24, 2.45) is 0 Å². The van der Waals surface area contributed by atoms with Crippen LogP contribution in [0, 0.1) is 0 Å². The summed E-state index contributed by atoms with van der Waals surface area (Å²) < 4.78 is 26.8. The molecule has 2 aromatic rings. The van der Waals surface area contributed by atoms with Gasteiger partial charge in [0, 0.05) is 16.7 Å². The van der Waals surface area contributed by atoms with E-state index in [0.717, 1.165) is 6.54 Å². The Bertz CT molecular complexity index is 1300. The molecule has 1 aliphatic heterocycles. The van der Waals surface area contributed by atoms with E-state index in [2.05, 4.69) is 0 Å². The summed E-state index contributed by atoms with van der Waals surface area (Å²) in [5, 5.41) is 11.1. The van der Waals surface area contributed by atoms with Gasteiger partial charge in [-0.1, -0.05) is 53.5 Å². The topological polar surface area (TPSA) is 74.3 Å². The van der Waals surface area contributed by atoms with Crippen molar-refractivity contribution < 1.29 is 18.3 Å². The number of fused-ring (bicyclic) bond motifs is 3. The summed E-state index contributed by atoms with van der Waals surface area (Å²) in [6, 6.07) is 23.6. The van der Waals surface area contributed by atoms with Gasteiger partial charge in [-0.25, -0.2) is 0 Å². The first kappa shape index (κ1) is 22.2. The number of sulfone groups is 1. The van der Waals surface area contributed by atoms with Gasteiger partial charge in [-0.15, -0.1) is 0 Å². The van der Waals surface area contributed by atoms with Crippen LogP contribution < -0.4 is 11.6 Å². The second-order valence-electron chi connectivity index (χ2n) is 6.58. The fourth-order valence-electron chi connectivity index (χ4n) is 3.28. The Labute approximate surface area is 201 Å². The minimum atomic E-state index is -3.26. The van der Waals surface area contributed by atoms with E-state index in [4.69, 9.17) is 23.2 Å². The third-order valence-corrected chi connectivity index (χ3v) is 13.5. The second-order valence-corrected chi connectivity index (χ2v) is 13.8. The molecule has 0 bridgehead atoms. The van der Waals surface area contributed by atoms with Gasteiger partial charge in [-0.05, 0) is 0 Å². The third kappa shape index (κ3) is 4.10. The van der Waals surface area contributed by atoms with Crippen molar-refractivity contribution in [3.8, 4) is 11.1 Å². The van der Waals surface area contributed by atoms with E-state index in [-0.39, 0.29) is 15.6 Å². The van der Waals surface area contributed by atoms with Crippen molar-refractivity contribution in [2.75, 3.05) is 0 Å². The van der Waals surface area contributed by atoms with Crippen molar-refractivity contribution in [3.63, 3.8) is 0 Å². The monoisotopic (exact) mass is 664 g/mol. The number of aromatic carboxylic acids is 1. The van der Waals surface area contributed by atoms with E-state index in [9.17, 15) is 18.3 Å². The molecule has 2 aliphatic carbocycles. The molecule has 0 N–H and O–H groups in total. The SMILES string of the molecule is O=C([O-])c1c(Cl)c2cccccc-2c1Cl.O=S1(=O)c2cccc[c]2[Bi+][c]2ccccc21. The number of benzene rings is 2. The summed E-state index contributed by atoms with van der Waals surface area (Å²) >= 11 is 10.8. The van der Waals surface area contributed by atoms with Gasteiger partial charge in [-0.3, -0.25) is 0 Å². The molecule has 2 aromatic carbocycles. The summed E-state index contributed by atoms with van der Waals surface area (Å²) in [6.07, 6.45) is 0. The van der Waals surface area contributed by atoms with Gasteiger partial charge >= 0.3 is 106 Å². The molecule has 8 heteroatoms. The predicted octanol–water partition coefficient (Wildman–Crippen LogP) is 2.95. The number of hydrogen-bond donors (Lipinski definition) is 0. The van der Waals surface area contributed by atoms with Gasteiger partial charge in [0.1, 0.15) is 0 Å². The first-order valence-electron chi connectivity index (χ1n) is 9.04. The van der Waals surface area contributed by atoms with E-state index < -0.39 is 39.0 Å². The Morgan fingerprint density at radius 1 is 0.710 bits per heavy atom. The Morgan fingerprint density at radius 3 is 1.58 bits per heavy atom. The number of carbonyl (C=O) groups is 1. The first-order chi connectivity index (χ1) is 14.8. The van der Waals surface area contributed by atoms with Crippen LogP contribution in [0.2, 0.25) is 10.0 Å². The Morgan fingerprint density at radius 2 is 1.13 bits per heavy atom. The summed E-state index contributed by atoms with van der Waals surface area (Å²) in [5.74, 6) is -1.36. The molecule has 0 atom stereocenters. The number of halogens is 2. The van der Waals surface area contributed by atoms with Crippen molar-refractivity contribution in [2.45, 2.75) is 9.79 Å². The molecule has 0 spiro atoms. The Balaban J connectivity index is 0.000000150. The number of carboxylic acid groups (broad SMARTS) is 1. The van der Waals surface area contributed by atoms with Gasteiger partial charge < -0.3 is 9.90 Å². The molecule has 0 saturated heterocycles. The second kappa shape index (κ2) is 8.87. The molecule has 4 nitrogen and oxygen atoms in total. The van der Waals surface area contributed by atoms with Crippen molar-refractivity contribution in [1.29, 1.82) is 0 Å². The quantitative estimate of drug-likeness (QED) is 0.259. The summed E-state index contributed by atoms with van der Waals surface area (Å²) in [6.45, 7) is 0. The zero-order valence-electron chi connectivity index (χ0n) is 15.7. The fraction of sp³-hybridized carbons (Fsp3) is 0. The molecular weight excluding hydrogens is 652 g/mol. The number of hydrogen-bond acceptors (Lipinski definition) is 4. The summed E-state index contributed by atoms with van der Waals surface area (Å²) in [4.78, 5) is 11.9. The van der Waals surface area contributed by atoms with E-state index in [1.54, 1.807) is 48.5 Å². The van der Waals surface area contributed by atoms with E-state index in [1.165, 1.54) is 0 Å². The van der Waals surface area contributed by atoms with Crippen LogP contribution in [0.3, 0.4) is 0 Å². The molecule has 1 heterocycles. The van der Waals surface area contributed by atoms with Crippen LogP contribution in [0.4, 0.5) is 0 Å². The maximum atomic E-state index is 12.3. The van der Waals surface area contributed by atoms with Crippen LogP contribution >= 0.6 is 23.2 Å². The van der Waals surface area contributed by atoms with Gasteiger partial charge in [0.25, 0.3) is 0 Å². The molecule has 0 unspecified atom stereocenters. The Kier molecular flexibility index (Phi) is 6.36. The van der Waals surface area contributed by atoms with Crippen molar-refractivity contribution >= 4 is 68.8 Å². The minimum absolute atomic E-state index is 0.131. The van der Waals surface area contributed by atoms with Crippen LogP contribution in [-0.4, -0.2) is 37.6 Å². The number of rotatable bonds is 1. The molecule has 3 aliphatic rings. The third-order valence-electron chi connectivity index (χ3n) is 4.70. The van der Waals surface area contributed by atoms with Crippen LogP contribution in [0.25, 0.3) is 11.1 Å².